The van der Waals surface area contributed by atoms with Crippen molar-refractivity contribution in [3.8, 4) is 0 Å². The Labute approximate surface area is 91.6 Å². The molecule has 0 radical (unpaired) electrons. The van der Waals surface area contributed by atoms with Gasteiger partial charge in [-0.05, 0) is 45.4 Å². The zero-order valence-electron chi connectivity index (χ0n) is 9.79. The van der Waals surface area contributed by atoms with Gasteiger partial charge in [0.25, 0.3) is 0 Å². The molecule has 2 rings (SSSR count). The van der Waals surface area contributed by atoms with Crippen LogP contribution in [0.1, 0.15) is 25.8 Å². The maximum atomic E-state index is 5.12. The molecule has 1 unspecified atom stereocenters. The molecule has 1 aromatic rings. The second-order valence-electron chi connectivity index (χ2n) is 4.55. The fourth-order valence-corrected chi connectivity index (χ4v) is 2.25. The van der Waals surface area contributed by atoms with Crippen LogP contribution in [0.3, 0.4) is 0 Å². The molecule has 0 spiro atoms. The quantitative estimate of drug-likeness (QED) is 0.690. The Hall–Kier alpha value is -1.02. The molecule has 1 atom stereocenters. The van der Waals surface area contributed by atoms with Gasteiger partial charge in [0.2, 0.25) is 0 Å². The highest BCUT2D eigenvalue weighted by Crippen LogP contribution is 2.24. The summed E-state index contributed by atoms with van der Waals surface area (Å²) in [5, 5.41) is 0. The van der Waals surface area contributed by atoms with E-state index in [-0.39, 0.29) is 0 Å². The topological polar surface area (TPSA) is 16.4 Å². The summed E-state index contributed by atoms with van der Waals surface area (Å²) >= 11 is 0. The largest absolute Gasteiger partial charge is 0.472 e. The minimum Gasteiger partial charge on any atom is -0.472 e. The molecule has 0 saturated heterocycles. The lowest BCUT2D eigenvalue weighted by molar-refractivity contribution is 0.255. The Balaban J connectivity index is 2.16. The minimum absolute atomic E-state index is 0.552. The molecular weight excluding hydrogens is 186 g/mol. The zero-order chi connectivity index (χ0) is 10.8. The first kappa shape index (κ1) is 10.5. The summed E-state index contributed by atoms with van der Waals surface area (Å²) in [5.74, 6) is 0. The number of furan rings is 1. The van der Waals surface area contributed by atoms with Crippen LogP contribution in [0.25, 0.3) is 0 Å². The van der Waals surface area contributed by atoms with Crippen molar-refractivity contribution in [2.45, 2.75) is 32.7 Å². The van der Waals surface area contributed by atoms with Crippen molar-refractivity contribution in [1.82, 2.24) is 4.90 Å². The molecule has 1 aliphatic heterocycles. The SMILES string of the molecule is CC1=C(C)C(Cc2ccoc2)N(C)CC1. The zero-order valence-corrected chi connectivity index (χ0v) is 9.79. The van der Waals surface area contributed by atoms with Crippen molar-refractivity contribution >= 4 is 0 Å². The Morgan fingerprint density at radius 1 is 1.47 bits per heavy atom. The first-order valence-corrected chi connectivity index (χ1v) is 5.56. The Morgan fingerprint density at radius 2 is 2.27 bits per heavy atom. The highest BCUT2D eigenvalue weighted by molar-refractivity contribution is 5.23. The van der Waals surface area contributed by atoms with Gasteiger partial charge in [-0.15, -0.1) is 0 Å². The van der Waals surface area contributed by atoms with Gasteiger partial charge >= 0.3 is 0 Å². The Morgan fingerprint density at radius 3 is 2.93 bits per heavy atom. The molecule has 2 heterocycles. The van der Waals surface area contributed by atoms with Gasteiger partial charge in [0.1, 0.15) is 0 Å². The third-order valence-corrected chi connectivity index (χ3v) is 3.55. The van der Waals surface area contributed by atoms with Crippen LogP contribution in [-0.2, 0) is 6.42 Å². The van der Waals surface area contributed by atoms with Crippen molar-refractivity contribution in [3.63, 3.8) is 0 Å². The van der Waals surface area contributed by atoms with Gasteiger partial charge in [-0.1, -0.05) is 11.1 Å². The van der Waals surface area contributed by atoms with E-state index in [0.717, 1.165) is 6.42 Å². The summed E-state index contributed by atoms with van der Waals surface area (Å²) in [6.07, 6.45) is 5.88. The number of hydrogen-bond donors (Lipinski definition) is 0. The third kappa shape index (κ3) is 2.15. The molecule has 2 heteroatoms. The van der Waals surface area contributed by atoms with E-state index >= 15 is 0 Å². The molecule has 0 aliphatic carbocycles. The van der Waals surface area contributed by atoms with Crippen LogP contribution in [0.15, 0.2) is 34.2 Å². The van der Waals surface area contributed by atoms with Crippen molar-refractivity contribution < 1.29 is 4.42 Å². The molecule has 0 saturated carbocycles. The van der Waals surface area contributed by atoms with E-state index < -0.39 is 0 Å². The lowest BCUT2D eigenvalue weighted by Crippen LogP contribution is -2.38. The molecule has 15 heavy (non-hydrogen) atoms. The van der Waals surface area contributed by atoms with Crippen molar-refractivity contribution in [3.05, 3.63) is 35.3 Å². The molecule has 0 fully saturated rings. The molecule has 0 N–H and O–H groups in total. The summed E-state index contributed by atoms with van der Waals surface area (Å²) in [6, 6.07) is 2.61. The summed E-state index contributed by atoms with van der Waals surface area (Å²) in [5.41, 5.74) is 4.38. The van der Waals surface area contributed by atoms with Crippen molar-refractivity contribution in [2.24, 2.45) is 0 Å². The number of likely N-dealkylation sites (N-methyl/N-ethyl adjacent to an activating group) is 1. The van der Waals surface area contributed by atoms with Gasteiger partial charge in [0, 0.05) is 12.6 Å². The van der Waals surface area contributed by atoms with Crippen LogP contribution in [-0.4, -0.2) is 24.5 Å². The fourth-order valence-electron chi connectivity index (χ4n) is 2.25. The maximum Gasteiger partial charge on any atom is 0.0935 e. The fraction of sp³-hybridized carbons (Fsp3) is 0.538. The first-order chi connectivity index (χ1) is 7.18. The van der Waals surface area contributed by atoms with Crippen LogP contribution in [0.2, 0.25) is 0 Å². The summed E-state index contributed by atoms with van der Waals surface area (Å²) in [4.78, 5) is 2.44. The van der Waals surface area contributed by atoms with Gasteiger partial charge in [0.05, 0.1) is 12.5 Å². The molecule has 0 aromatic carbocycles. The number of rotatable bonds is 2. The van der Waals surface area contributed by atoms with Crippen LogP contribution in [0, 0.1) is 0 Å². The molecule has 2 nitrogen and oxygen atoms in total. The summed E-state index contributed by atoms with van der Waals surface area (Å²) in [7, 11) is 2.21. The Bertz CT molecular complexity index is 351. The molecular formula is C13H19NO. The van der Waals surface area contributed by atoms with Crippen molar-refractivity contribution in [2.75, 3.05) is 13.6 Å². The van der Waals surface area contributed by atoms with E-state index in [4.69, 9.17) is 4.42 Å². The number of nitrogens with zero attached hydrogens (tertiary/aromatic N) is 1. The van der Waals surface area contributed by atoms with E-state index in [2.05, 4.69) is 31.9 Å². The van der Waals surface area contributed by atoms with Crippen LogP contribution < -0.4 is 0 Å². The number of hydrogen-bond acceptors (Lipinski definition) is 2. The first-order valence-electron chi connectivity index (χ1n) is 5.56. The monoisotopic (exact) mass is 205 g/mol. The average Bonchev–Trinajstić information content (AvgIpc) is 2.71. The van der Waals surface area contributed by atoms with Gasteiger partial charge < -0.3 is 4.42 Å². The van der Waals surface area contributed by atoms with E-state index in [1.807, 2.05) is 6.26 Å². The van der Waals surface area contributed by atoms with Crippen LogP contribution >= 0.6 is 0 Å². The highest BCUT2D eigenvalue weighted by atomic mass is 16.3. The molecule has 0 bridgehead atoms. The van der Waals surface area contributed by atoms with E-state index in [9.17, 15) is 0 Å². The molecule has 1 aliphatic rings. The minimum atomic E-state index is 0.552. The molecule has 0 amide bonds. The second kappa shape index (κ2) is 4.23. The normalized spacial score (nSPS) is 23.5. The van der Waals surface area contributed by atoms with Gasteiger partial charge in [-0.3, -0.25) is 4.90 Å². The van der Waals surface area contributed by atoms with E-state index in [0.29, 0.717) is 6.04 Å². The standard InChI is InChI=1S/C13H19NO/c1-10-4-6-14(3)13(11(10)2)8-12-5-7-15-9-12/h5,7,9,13H,4,6,8H2,1-3H3. The molecule has 82 valence electrons. The average molecular weight is 205 g/mol. The third-order valence-electron chi connectivity index (χ3n) is 3.55. The van der Waals surface area contributed by atoms with E-state index in [1.165, 1.54) is 24.1 Å². The lowest BCUT2D eigenvalue weighted by atomic mass is 9.91. The van der Waals surface area contributed by atoms with E-state index in [1.54, 1.807) is 11.8 Å². The van der Waals surface area contributed by atoms with Gasteiger partial charge in [0.15, 0.2) is 0 Å². The summed E-state index contributed by atoms with van der Waals surface area (Å²) in [6.45, 7) is 5.69. The van der Waals surface area contributed by atoms with Gasteiger partial charge in [-0.2, -0.15) is 0 Å². The predicted octanol–water partition coefficient (Wildman–Crippen LogP) is 2.86. The maximum absolute atomic E-state index is 5.12. The van der Waals surface area contributed by atoms with Crippen LogP contribution in [0.4, 0.5) is 0 Å². The Kier molecular flexibility index (Phi) is 2.96. The predicted molar refractivity (Wildman–Crippen MR) is 61.8 cm³/mol. The van der Waals surface area contributed by atoms with Gasteiger partial charge in [-0.25, -0.2) is 0 Å². The second-order valence-corrected chi connectivity index (χ2v) is 4.55. The summed E-state index contributed by atoms with van der Waals surface area (Å²) < 4.78 is 5.12. The molecule has 1 aromatic heterocycles. The highest BCUT2D eigenvalue weighted by Gasteiger charge is 2.22. The smallest absolute Gasteiger partial charge is 0.0935 e. The van der Waals surface area contributed by atoms with Crippen LogP contribution in [0.5, 0.6) is 0 Å². The lowest BCUT2D eigenvalue weighted by Gasteiger charge is -2.34. The van der Waals surface area contributed by atoms with Crippen molar-refractivity contribution in [1.29, 1.82) is 0 Å².